The van der Waals surface area contributed by atoms with Crippen LogP contribution in [0.25, 0.3) is 0 Å². The van der Waals surface area contributed by atoms with Crippen LogP contribution in [0.2, 0.25) is 0 Å². The minimum atomic E-state index is 0.779. The molecule has 2 heterocycles. The summed E-state index contributed by atoms with van der Waals surface area (Å²) in [6.45, 7) is 3.59. The first kappa shape index (κ1) is 11.6. The molecule has 0 bridgehead atoms. The van der Waals surface area contributed by atoms with Crippen molar-refractivity contribution in [1.82, 2.24) is 14.9 Å². The van der Waals surface area contributed by atoms with Crippen molar-refractivity contribution in [1.29, 1.82) is 0 Å². The van der Waals surface area contributed by atoms with Gasteiger partial charge in [-0.3, -0.25) is 0 Å². The normalized spacial score (nSPS) is 25.1. The molecule has 0 radical (unpaired) electrons. The van der Waals surface area contributed by atoms with E-state index in [1.807, 2.05) is 6.20 Å². The van der Waals surface area contributed by atoms with Gasteiger partial charge in [-0.15, -0.1) is 0 Å². The van der Waals surface area contributed by atoms with Gasteiger partial charge in [0.05, 0.1) is 3.57 Å². The summed E-state index contributed by atoms with van der Waals surface area (Å²) in [7, 11) is 0. The summed E-state index contributed by atoms with van der Waals surface area (Å²) >= 11 is 2.27. The number of rotatable bonds is 4. The molecule has 1 atom stereocenters. The third-order valence-corrected chi connectivity index (χ3v) is 4.40. The predicted molar refractivity (Wildman–Crippen MR) is 75.9 cm³/mol. The van der Waals surface area contributed by atoms with Crippen molar-refractivity contribution in [2.24, 2.45) is 5.92 Å². The van der Waals surface area contributed by atoms with E-state index in [4.69, 9.17) is 0 Å². The van der Waals surface area contributed by atoms with Crippen LogP contribution in [0.1, 0.15) is 19.3 Å². The highest BCUT2D eigenvalue weighted by Crippen LogP contribution is 2.31. The van der Waals surface area contributed by atoms with Gasteiger partial charge in [-0.05, 0) is 54.3 Å². The smallest absolute Gasteiger partial charge is 0.142 e. The van der Waals surface area contributed by atoms with Crippen LogP contribution >= 0.6 is 22.6 Å². The molecule has 92 valence electrons. The number of hydrogen-bond donors (Lipinski definition) is 1. The summed E-state index contributed by atoms with van der Waals surface area (Å²) in [4.78, 5) is 10.9. The molecule has 2 aliphatic rings. The SMILES string of the molecule is Ic1cncnc1NCC1CCN(C2CC2)C1. The van der Waals surface area contributed by atoms with E-state index >= 15 is 0 Å². The quantitative estimate of drug-likeness (QED) is 0.848. The van der Waals surface area contributed by atoms with Crippen molar-refractivity contribution < 1.29 is 0 Å². The summed E-state index contributed by atoms with van der Waals surface area (Å²) < 4.78 is 1.10. The second-order valence-electron chi connectivity index (χ2n) is 4.98. The zero-order valence-corrected chi connectivity index (χ0v) is 11.9. The Labute approximate surface area is 115 Å². The Kier molecular flexibility index (Phi) is 3.46. The standard InChI is InChI=1S/C12H17IN4/c13-11-6-14-8-16-12(11)15-5-9-3-4-17(7-9)10-1-2-10/h6,8-10H,1-5,7H2,(H,14,15,16). The molecule has 1 aliphatic heterocycles. The Bertz CT molecular complexity index is 394. The number of aromatic nitrogens is 2. The van der Waals surface area contributed by atoms with Gasteiger partial charge in [-0.25, -0.2) is 9.97 Å². The van der Waals surface area contributed by atoms with E-state index in [1.54, 1.807) is 6.33 Å². The second kappa shape index (κ2) is 5.06. The molecule has 5 heteroatoms. The molecule has 1 saturated heterocycles. The van der Waals surface area contributed by atoms with Gasteiger partial charge in [-0.1, -0.05) is 0 Å². The average Bonchev–Trinajstić information content (AvgIpc) is 3.08. The van der Waals surface area contributed by atoms with Gasteiger partial charge in [0.2, 0.25) is 0 Å². The van der Waals surface area contributed by atoms with Crippen LogP contribution in [0.3, 0.4) is 0 Å². The maximum absolute atomic E-state index is 4.26. The highest BCUT2D eigenvalue weighted by Gasteiger charge is 2.34. The third-order valence-electron chi connectivity index (χ3n) is 3.61. The molecule has 0 spiro atoms. The zero-order valence-electron chi connectivity index (χ0n) is 9.77. The molecule has 17 heavy (non-hydrogen) atoms. The fourth-order valence-corrected chi connectivity index (χ4v) is 2.98. The highest BCUT2D eigenvalue weighted by atomic mass is 127. The second-order valence-corrected chi connectivity index (χ2v) is 6.14. The lowest BCUT2D eigenvalue weighted by atomic mass is 10.1. The summed E-state index contributed by atoms with van der Waals surface area (Å²) in [5.41, 5.74) is 0. The largest absolute Gasteiger partial charge is 0.369 e. The van der Waals surface area contributed by atoms with Crippen LogP contribution in [0, 0.1) is 9.49 Å². The summed E-state index contributed by atoms with van der Waals surface area (Å²) in [6, 6.07) is 0.916. The van der Waals surface area contributed by atoms with Gasteiger partial charge >= 0.3 is 0 Å². The van der Waals surface area contributed by atoms with Crippen LogP contribution in [0.15, 0.2) is 12.5 Å². The lowest BCUT2D eigenvalue weighted by Gasteiger charge is -2.15. The predicted octanol–water partition coefficient (Wildman–Crippen LogP) is 1.98. The summed E-state index contributed by atoms with van der Waals surface area (Å²) in [5, 5.41) is 3.45. The van der Waals surface area contributed by atoms with Gasteiger partial charge in [0.1, 0.15) is 12.1 Å². The number of nitrogens with one attached hydrogen (secondary N) is 1. The van der Waals surface area contributed by atoms with E-state index in [1.165, 1.54) is 32.4 Å². The lowest BCUT2D eigenvalue weighted by molar-refractivity contribution is 0.316. The van der Waals surface area contributed by atoms with Crippen LogP contribution in [-0.2, 0) is 0 Å². The molecule has 1 unspecified atom stereocenters. The Morgan fingerprint density at radius 3 is 3.06 bits per heavy atom. The van der Waals surface area contributed by atoms with E-state index in [0.29, 0.717) is 0 Å². The van der Waals surface area contributed by atoms with Crippen molar-refractivity contribution in [3.63, 3.8) is 0 Å². The Morgan fingerprint density at radius 2 is 2.29 bits per heavy atom. The highest BCUT2D eigenvalue weighted by molar-refractivity contribution is 14.1. The third kappa shape index (κ3) is 2.88. The number of likely N-dealkylation sites (tertiary alicyclic amines) is 1. The number of anilines is 1. The monoisotopic (exact) mass is 344 g/mol. The van der Waals surface area contributed by atoms with Gasteiger partial charge in [0.15, 0.2) is 0 Å². The number of hydrogen-bond acceptors (Lipinski definition) is 4. The molecule has 0 aromatic carbocycles. The Hall–Kier alpha value is -0.430. The average molecular weight is 344 g/mol. The van der Waals surface area contributed by atoms with Gasteiger partial charge in [0.25, 0.3) is 0 Å². The minimum absolute atomic E-state index is 0.779. The molecule has 1 N–H and O–H groups in total. The van der Waals surface area contributed by atoms with Crippen molar-refractivity contribution in [2.75, 3.05) is 25.0 Å². The zero-order chi connectivity index (χ0) is 11.7. The fourth-order valence-electron chi connectivity index (χ4n) is 2.48. The first-order chi connectivity index (χ1) is 8.33. The molecule has 0 amide bonds. The van der Waals surface area contributed by atoms with E-state index in [9.17, 15) is 0 Å². The molecular weight excluding hydrogens is 327 g/mol. The molecule has 1 aromatic heterocycles. The fraction of sp³-hybridized carbons (Fsp3) is 0.667. The van der Waals surface area contributed by atoms with E-state index in [2.05, 4.69) is 42.8 Å². The molecule has 4 nitrogen and oxygen atoms in total. The van der Waals surface area contributed by atoms with E-state index in [0.717, 1.165) is 27.9 Å². The van der Waals surface area contributed by atoms with Crippen LogP contribution in [-0.4, -0.2) is 40.5 Å². The molecule has 1 aliphatic carbocycles. The molecular formula is C12H17IN4. The molecule has 1 aromatic rings. The number of halogens is 1. The van der Waals surface area contributed by atoms with Crippen LogP contribution in [0.4, 0.5) is 5.82 Å². The number of nitrogens with zero attached hydrogens (tertiary/aromatic N) is 3. The molecule has 2 fully saturated rings. The van der Waals surface area contributed by atoms with Gasteiger partial charge in [0, 0.05) is 25.3 Å². The maximum atomic E-state index is 4.26. The van der Waals surface area contributed by atoms with E-state index < -0.39 is 0 Å². The van der Waals surface area contributed by atoms with Crippen LogP contribution < -0.4 is 5.32 Å². The Balaban J connectivity index is 1.50. The van der Waals surface area contributed by atoms with Crippen molar-refractivity contribution in [3.05, 3.63) is 16.1 Å². The molecule has 1 saturated carbocycles. The minimum Gasteiger partial charge on any atom is -0.369 e. The van der Waals surface area contributed by atoms with Gasteiger partial charge < -0.3 is 10.2 Å². The summed E-state index contributed by atoms with van der Waals surface area (Å²) in [6.07, 6.45) is 7.62. The lowest BCUT2D eigenvalue weighted by Crippen LogP contribution is -2.25. The van der Waals surface area contributed by atoms with Crippen molar-refractivity contribution >= 4 is 28.4 Å². The van der Waals surface area contributed by atoms with Crippen molar-refractivity contribution in [2.45, 2.75) is 25.3 Å². The van der Waals surface area contributed by atoms with E-state index in [-0.39, 0.29) is 0 Å². The Morgan fingerprint density at radius 1 is 1.41 bits per heavy atom. The van der Waals surface area contributed by atoms with Crippen molar-refractivity contribution in [3.8, 4) is 0 Å². The first-order valence-corrected chi connectivity index (χ1v) is 7.34. The van der Waals surface area contributed by atoms with Crippen LogP contribution in [0.5, 0.6) is 0 Å². The first-order valence-electron chi connectivity index (χ1n) is 6.26. The maximum Gasteiger partial charge on any atom is 0.142 e. The topological polar surface area (TPSA) is 41.1 Å². The van der Waals surface area contributed by atoms with Gasteiger partial charge in [-0.2, -0.15) is 0 Å². The molecule has 3 rings (SSSR count). The summed E-state index contributed by atoms with van der Waals surface area (Å²) in [5.74, 6) is 1.76.